The van der Waals surface area contributed by atoms with Gasteiger partial charge in [0.2, 0.25) is 5.91 Å². The van der Waals surface area contributed by atoms with E-state index >= 15 is 0 Å². The first-order chi connectivity index (χ1) is 17.4. The number of imide groups is 1. The van der Waals surface area contributed by atoms with Crippen LogP contribution in [-0.4, -0.2) is 17.9 Å². The summed E-state index contributed by atoms with van der Waals surface area (Å²) in [5.74, 6) is -0.671. The van der Waals surface area contributed by atoms with E-state index < -0.39 is 24.0 Å². The number of hydrogen-bond donors (Lipinski definition) is 0. The minimum Gasteiger partial charge on any atom is -0.459 e. The molecular weight excluding hydrogens is 523 g/mol. The molecule has 0 saturated carbocycles. The van der Waals surface area contributed by atoms with E-state index in [0.717, 1.165) is 4.90 Å². The van der Waals surface area contributed by atoms with Gasteiger partial charge in [0.25, 0.3) is 5.91 Å². The van der Waals surface area contributed by atoms with Gasteiger partial charge in [0.1, 0.15) is 23.5 Å². The van der Waals surface area contributed by atoms with E-state index in [4.69, 9.17) is 44.1 Å². The van der Waals surface area contributed by atoms with E-state index in [9.17, 15) is 9.59 Å². The summed E-state index contributed by atoms with van der Waals surface area (Å²) in [5.41, 5.74) is 1.79. The molecule has 0 N–H and O–H groups in total. The van der Waals surface area contributed by atoms with Crippen LogP contribution in [0.25, 0.3) is 11.3 Å². The third-order valence-corrected chi connectivity index (χ3v) is 7.13. The Morgan fingerprint density at radius 2 is 1.44 bits per heavy atom. The zero-order valence-electron chi connectivity index (χ0n) is 18.5. The van der Waals surface area contributed by atoms with Gasteiger partial charge in [0, 0.05) is 15.6 Å². The molecule has 0 spiro atoms. The molecule has 3 aromatic carbocycles. The fraction of sp³-hybridized carbons (Fsp3) is 0.111. The minimum atomic E-state index is -1.01. The quantitative estimate of drug-likeness (QED) is 0.262. The molecule has 3 heterocycles. The lowest BCUT2D eigenvalue weighted by molar-refractivity contribution is -0.126. The summed E-state index contributed by atoms with van der Waals surface area (Å²) >= 11 is 18.4. The molecule has 3 atom stereocenters. The van der Waals surface area contributed by atoms with Crippen LogP contribution in [0.4, 0.5) is 11.4 Å². The maximum Gasteiger partial charge on any atom is 0.266 e. The Morgan fingerprint density at radius 1 is 0.722 bits per heavy atom. The average Bonchev–Trinajstić information content (AvgIpc) is 3.56. The van der Waals surface area contributed by atoms with Crippen molar-refractivity contribution in [1.29, 1.82) is 0 Å². The van der Waals surface area contributed by atoms with Crippen LogP contribution in [0.3, 0.4) is 0 Å². The second-order valence-electron chi connectivity index (χ2n) is 8.47. The van der Waals surface area contributed by atoms with Gasteiger partial charge in [-0.2, -0.15) is 0 Å². The Kier molecular flexibility index (Phi) is 5.77. The Morgan fingerprint density at radius 3 is 2.17 bits per heavy atom. The molecule has 2 fully saturated rings. The van der Waals surface area contributed by atoms with Crippen LogP contribution in [0.2, 0.25) is 15.1 Å². The predicted octanol–water partition coefficient (Wildman–Crippen LogP) is 6.96. The van der Waals surface area contributed by atoms with Gasteiger partial charge in [0.15, 0.2) is 6.10 Å². The molecule has 2 aliphatic rings. The molecule has 2 amide bonds. The standard InChI is InChI=1S/C27H17Cl3N2O4/c28-15-6-9-17(10-7-15)31-26(33)23-24(32(36-25(23)27(31)34)18-4-2-1-3-5-18)22-13-12-21(35-22)19-11-8-16(29)14-20(19)30/h1-14,23-25H/t23-,24-,25-/m1/s1. The topological polar surface area (TPSA) is 63.0 Å². The molecule has 0 unspecified atom stereocenters. The summed E-state index contributed by atoms with van der Waals surface area (Å²) in [7, 11) is 0. The number of anilines is 2. The van der Waals surface area contributed by atoms with E-state index in [1.165, 1.54) is 0 Å². The number of para-hydroxylation sites is 1. The summed E-state index contributed by atoms with van der Waals surface area (Å²) in [6.07, 6.45) is -1.01. The van der Waals surface area contributed by atoms with Crippen molar-refractivity contribution >= 4 is 58.0 Å². The maximum atomic E-state index is 13.7. The van der Waals surface area contributed by atoms with Crippen molar-refractivity contribution in [2.24, 2.45) is 5.92 Å². The number of benzene rings is 3. The summed E-state index contributed by atoms with van der Waals surface area (Å²) < 4.78 is 6.23. The maximum absolute atomic E-state index is 13.7. The van der Waals surface area contributed by atoms with Crippen molar-refractivity contribution < 1.29 is 18.8 Å². The van der Waals surface area contributed by atoms with Gasteiger partial charge in [-0.05, 0) is 66.7 Å². The lowest BCUT2D eigenvalue weighted by Crippen LogP contribution is -2.37. The molecule has 6 nitrogen and oxygen atoms in total. The molecule has 0 aliphatic carbocycles. The van der Waals surface area contributed by atoms with Crippen molar-refractivity contribution in [1.82, 2.24) is 0 Å². The van der Waals surface area contributed by atoms with Gasteiger partial charge in [-0.25, -0.2) is 9.96 Å². The number of furan rings is 1. The molecular formula is C27H17Cl3N2O4. The van der Waals surface area contributed by atoms with Crippen LogP contribution >= 0.6 is 34.8 Å². The third kappa shape index (κ3) is 3.78. The average molecular weight is 540 g/mol. The zero-order chi connectivity index (χ0) is 25.0. The van der Waals surface area contributed by atoms with E-state index in [-0.39, 0.29) is 5.91 Å². The molecule has 9 heteroatoms. The second kappa shape index (κ2) is 8.98. The number of carbonyl (C=O) groups is 2. The number of fused-ring (bicyclic) bond motifs is 1. The van der Waals surface area contributed by atoms with E-state index in [2.05, 4.69) is 0 Å². The smallest absolute Gasteiger partial charge is 0.266 e. The monoisotopic (exact) mass is 538 g/mol. The largest absolute Gasteiger partial charge is 0.459 e. The Balaban J connectivity index is 1.42. The van der Waals surface area contributed by atoms with Gasteiger partial charge in [-0.3, -0.25) is 14.4 Å². The van der Waals surface area contributed by atoms with Crippen molar-refractivity contribution in [3.05, 3.63) is 106 Å². The van der Waals surface area contributed by atoms with Crippen LogP contribution in [0.1, 0.15) is 11.8 Å². The van der Waals surface area contributed by atoms with E-state index in [1.54, 1.807) is 59.7 Å². The summed E-state index contributed by atoms with van der Waals surface area (Å²) in [6, 6.07) is 23.8. The van der Waals surface area contributed by atoms with Crippen LogP contribution < -0.4 is 9.96 Å². The molecule has 0 bridgehead atoms. The number of amides is 2. The first-order valence-corrected chi connectivity index (χ1v) is 12.3. The minimum absolute atomic E-state index is 0.377. The lowest BCUT2D eigenvalue weighted by Gasteiger charge is -2.27. The third-order valence-electron chi connectivity index (χ3n) is 6.33. The SMILES string of the molecule is O=C1[C@@H]2[C@@H](c3ccc(-c4ccc(Cl)cc4Cl)o3)N(c3ccccc3)O[C@H]2C(=O)N1c1ccc(Cl)cc1. The lowest BCUT2D eigenvalue weighted by atomic mass is 9.94. The van der Waals surface area contributed by atoms with Gasteiger partial charge in [-0.15, -0.1) is 0 Å². The van der Waals surface area contributed by atoms with Gasteiger partial charge in [0.05, 0.1) is 16.4 Å². The Hall–Kier alpha value is -3.29. The van der Waals surface area contributed by atoms with Crippen molar-refractivity contribution in [3.8, 4) is 11.3 Å². The van der Waals surface area contributed by atoms with Crippen LogP contribution in [0.5, 0.6) is 0 Å². The van der Waals surface area contributed by atoms with E-state index in [0.29, 0.717) is 43.5 Å². The van der Waals surface area contributed by atoms with Crippen LogP contribution in [-0.2, 0) is 14.4 Å². The highest BCUT2D eigenvalue weighted by Crippen LogP contribution is 2.48. The van der Waals surface area contributed by atoms with Crippen molar-refractivity contribution in [3.63, 3.8) is 0 Å². The molecule has 4 aromatic rings. The summed E-state index contributed by atoms with van der Waals surface area (Å²) in [6.45, 7) is 0. The molecule has 2 aliphatic heterocycles. The number of hydroxylamine groups is 1. The van der Waals surface area contributed by atoms with Crippen molar-refractivity contribution in [2.75, 3.05) is 9.96 Å². The van der Waals surface area contributed by atoms with Gasteiger partial charge >= 0.3 is 0 Å². The number of rotatable bonds is 4. The van der Waals surface area contributed by atoms with Gasteiger partial charge < -0.3 is 4.42 Å². The highest BCUT2D eigenvalue weighted by Gasteiger charge is 2.61. The normalized spacial score (nSPS) is 21.4. The molecule has 1 aromatic heterocycles. The first kappa shape index (κ1) is 23.1. The fourth-order valence-electron chi connectivity index (χ4n) is 4.69. The van der Waals surface area contributed by atoms with Gasteiger partial charge in [-0.1, -0.05) is 53.0 Å². The number of hydrogen-bond acceptors (Lipinski definition) is 5. The number of carbonyl (C=O) groups excluding carboxylic acids is 2. The molecule has 0 radical (unpaired) electrons. The number of halogens is 3. The molecule has 180 valence electrons. The summed E-state index contributed by atoms with van der Waals surface area (Å²) in [5, 5.41) is 3.03. The number of nitrogens with zero attached hydrogens (tertiary/aromatic N) is 2. The van der Waals surface area contributed by atoms with Crippen LogP contribution in [0.15, 0.2) is 89.3 Å². The predicted molar refractivity (Wildman–Crippen MR) is 138 cm³/mol. The molecule has 6 rings (SSSR count). The highest BCUT2D eigenvalue weighted by molar-refractivity contribution is 6.36. The Bertz CT molecular complexity index is 1470. The first-order valence-electron chi connectivity index (χ1n) is 11.1. The zero-order valence-corrected chi connectivity index (χ0v) is 20.7. The Labute approximate surface area is 221 Å². The molecule has 2 saturated heterocycles. The fourth-order valence-corrected chi connectivity index (χ4v) is 5.32. The van der Waals surface area contributed by atoms with Crippen molar-refractivity contribution in [2.45, 2.75) is 12.1 Å². The highest BCUT2D eigenvalue weighted by atomic mass is 35.5. The van der Waals surface area contributed by atoms with E-state index in [1.807, 2.05) is 30.3 Å². The second-order valence-corrected chi connectivity index (χ2v) is 9.75. The molecule has 36 heavy (non-hydrogen) atoms. The van der Waals surface area contributed by atoms with Crippen LogP contribution in [0, 0.1) is 5.92 Å². The summed E-state index contributed by atoms with van der Waals surface area (Å²) in [4.78, 5) is 34.4.